The predicted octanol–water partition coefficient (Wildman–Crippen LogP) is 5.72. The molecule has 2 aromatic carbocycles. The summed E-state index contributed by atoms with van der Waals surface area (Å²) in [5.41, 5.74) is 2.59. The molecule has 5 rings (SSSR count). The Bertz CT molecular complexity index is 1540. The van der Waals surface area contributed by atoms with E-state index in [1.807, 2.05) is 36.4 Å². The number of fused-ring (bicyclic) bond motifs is 1. The van der Waals surface area contributed by atoms with Crippen molar-refractivity contribution in [1.29, 1.82) is 0 Å². The van der Waals surface area contributed by atoms with E-state index in [0.29, 0.717) is 40.9 Å². The number of methoxy groups -OCH3 is 1. The van der Waals surface area contributed by atoms with Crippen LogP contribution in [-0.2, 0) is 9.84 Å². The van der Waals surface area contributed by atoms with Crippen molar-refractivity contribution in [3.63, 3.8) is 0 Å². The molecule has 0 unspecified atom stereocenters. The molecular weight excluding hydrogens is 514 g/mol. The Kier molecular flexibility index (Phi) is 7.94. The number of sulfone groups is 1. The van der Waals surface area contributed by atoms with Gasteiger partial charge in [-0.3, -0.25) is 4.90 Å². The lowest BCUT2D eigenvalue weighted by Crippen LogP contribution is -2.25. The van der Waals surface area contributed by atoms with Crippen molar-refractivity contribution in [2.45, 2.75) is 36.8 Å². The maximum atomic E-state index is 13.0. The summed E-state index contributed by atoms with van der Waals surface area (Å²) in [6.07, 6.45) is 4.31. The summed E-state index contributed by atoms with van der Waals surface area (Å²) < 4.78 is 37.7. The molecule has 39 heavy (non-hydrogen) atoms. The van der Waals surface area contributed by atoms with Crippen LogP contribution in [0.25, 0.3) is 11.0 Å². The Hall–Kier alpha value is -3.76. The second kappa shape index (κ2) is 11.5. The maximum Gasteiger partial charge on any atom is 0.182 e. The fraction of sp³-hybridized carbons (Fsp3) is 0.345. The van der Waals surface area contributed by atoms with Crippen molar-refractivity contribution in [1.82, 2.24) is 14.9 Å². The number of ether oxygens (including phenoxy) is 2. The fourth-order valence-corrected chi connectivity index (χ4v) is 5.94. The summed E-state index contributed by atoms with van der Waals surface area (Å²) in [4.78, 5) is 10.6. The topological polar surface area (TPSA) is 109 Å². The van der Waals surface area contributed by atoms with Crippen LogP contribution in [0.1, 0.15) is 26.7 Å². The van der Waals surface area contributed by atoms with Gasteiger partial charge in [-0.1, -0.05) is 12.1 Å². The van der Waals surface area contributed by atoms with E-state index in [1.54, 1.807) is 45.4 Å². The lowest BCUT2D eigenvalue weighted by Gasteiger charge is -2.17. The van der Waals surface area contributed by atoms with Gasteiger partial charge >= 0.3 is 0 Å². The number of H-pyrrole nitrogens is 1. The first kappa shape index (κ1) is 26.8. The van der Waals surface area contributed by atoms with Crippen LogP contribution in [0.3, 0.4) is 0 Å². The van der Waals surface area contributed by atoms with Crippen LogP contribution in [0.4, 0.5) is 22.9 Å². The van der Waals surface area contributed by atoms with Crippen LogP contribution in [0.15, 0.2) is 65.7 Å². The van der Waals surface area contributed by atoms with E-state index < -0.39 is 15.1 Å². The van der Waals surface area contributed by atoms with Gasteiger partial charge in [-0.15, -0.1) is 0 Å². The molecule has 10 heteroatoms. The first-order valence-corrected chi connectivity index (χ1v) is 14.8. The maximum absolute atomic E-state index is 13.0. The fourth-order valence-electron chi connectivity index (χ4n) is 4.73. The van der Waals surface area contributed by atoms with E-state index >= 15 is 0 Å². The summed E-state index contributed by atoms with van der Waals surface area (Å²) in [5.74, 6) is 1.95. The number of benzene rings is 2. The quantitative estimate of drug-likeness (QED) is 0.218. The van der Waals surface area contributed by atoms with Crippen LogP contribution in [0.5, 0.6) is 11.5 Å². The number of anilines is 4. The summed E-state index contributed by atoms with van der Waals surface area (Å²) >= 11 is 0. The summed E-state index contributed by atoms with van der Waals surface area (Å²) in [6.45, 7) is 7.16. The van der Waals surface area contributed by atoms with Crippen molar-refractivity contribution in [2.75, 3.05) is 44.0 Å². The zero-order chi connectivity index (χ0) is 27.4. The zero-order valence-electron chi connectivity index (χ0n) is 22.5. The van der Waals surface area contributed by atoms with Crippen molar-refractivity contribution < 1.29 is 17.9 Å². The number of aromatic nitrogens is 2. The molecule has 1 saturated heterocycles. The Labute approximate surface area is 229 Å². The number of pyridine rings is 1. The Morgan fingerprint density at radius 2 is 1.79 bits per heavy atom. The molecule has 1 aliphatic heterocycles. The molecule has 9 nitrogen and oxygen atoms in total. The van der Waals surface area contributed by atoms with E-state index in [0.717, 1.165) is 30.8 Å². The molecule has 0 aliphatic carbocycles. The van der Waals surface area contributed by atoms with Crippen molar-refractivity contribution in [3.8, 4) is 11.5 Å². The molecule has 3 N–H and O–H groups in total. The second-order valence-corrected chi connectivity index (χ2v) is 12.4. The van der Waals surface area contributed by atoms with Gasteiger partial charge in [0, 0.05) is 30.3 Å². The molecule has 0 saturated carbocycles. The minimum absolute atomic E-state index is 0.260. The molecule has 0 atom stereocenters. The number of aromatic amines is 1. The minimum atomic E-state index is -3.49. The molecule has 0 amide bonds. The minimum Gasteiger partial charge on any atom is -0.495 e. The Morgan fingerprint density at radius 1 is 1.00 bits per heavy atom. The highest BCUT2D eigenvalue weighted by Gasteiger charge is 2.23. The standard InChI is InChI=1S/C29H35N5O4S/c1-20(2)39(35,36)27-9-5-4-8-23(27)31-24-19-28(33-29-22(24)12-13-30-29)32-25-18-21(10-11-26(25)37-3)38-17-16-34-14-6-7-15-34/h4-5,8-13,18-20H,6-7,14-17H2,1-3H3,(H3,30,31,32,33). The monoisotopic (exact) mass is 549 g/mol. The van der Waals surface area contributed by atoms with E-state index in [2.05, 4.69) is 20.5 Å². The molecule has 1 aliphatic rings. The molecule has 2 aromatic heterocycles. The van der Waals surface area contributed by atoms with Crippen LogP contribution >= 0.6 is 0 Å². The van der Waals surface area contributed by atoms with Gasteiger partial charge in [-0.2, -0.15) is 0 Å². The zero-order valence-corrected chi connectivity index (χ0v) is 23.3. The van der Waals surface area contributed by atoms with Crippen molar-refractivity contribution in [3.05, 3.63) is 60.8 Å². The first-order valence-electron chi connectivity index (χ1n) is 13.2. The first-order chi connectivity index (χ1) is 18.8. The van der Waals surface area contributed by atoms with Gasteiger partial charge in [-0.05, 0) is 70.1 Å². The second-order valence-electron chi connectivity index (χ2n) is 9.89. The smallest absolute Gasteiger partial charge is 0.182 e. The van der Waals surface area contributed by atoms with Gasteiger partial charge in [0.25, 0.3) is 0 Å². The van der Waals surface area contributed by atoms with E-state index in [9.17, 15) is 8.42 Å². The Morgan fingerprint density at radius 3 is 2.56 bits per heavy atom. The number of para-hydroxylation sites is 1. The summed E-state index contributed by atoms with van der Waals surface area (Å²) in [5, 5.41) is 7.00. The van der Waals surface area contributed by atoms with Crippen molar-refractivity contribution in [2.24, 2.45) is 0 Å². The highest BCUT2D eigenvalue weighted by atomic mass is 32.2. The third kappa shape index (κ3) is 5.97. The average molecular weight is 550 g/mol. The third-order valence-corrected chi connectivity index (χ3v) is 9.13. The van der Waals surface area contributed by atoms with Crippen LogP contribution in [0, 0.1) is 0 Å². The lowest BCUT2D eigenvalue weighted by molar-refractivity contribution is 0.237. The number of nitrogens with one attached hydrogen (secondary N) is 3. The molecule has 0 bridgehead atoms. The lowest BCUT2D eigenvalue weighted by atomic mass is 10.2. The van der Waals surface area contributed by atoms with Gasteiger partial charge in [0.1, 0.15) is 29.6 Å². The molecule has 0 radical (unpaired) electrons. The number of nitrogens with zero attached hydrogens (tertiary/aromatic N) is 2. The number of hydrogen-bond donors (Lipinski definition) is 3. The highest BCUT2D eigenvalue weighted by Crippen LogP contribution is 2.35. The molecule has 4 aromatic rings. The van der Waals surface area contributed by atoms with Gasteiger partial charge in [0.2, 0.25) is 0 Å². The average Bonchev–Trinajstić information content (AvgIpc) is 3.62. The van der Waals surface area contributed by atoms with Gasteiger partial charge in [0.05, 0.1) is 34.3 Å². The highest BCUT2D eigenvalue weighted by molar-refractivity contribution is 7.92. The largest absolute Gasteiger partial charge is 0.495 e. The van der Waals surface area contributed by atoms with Crippen LogP contribution in [0.2, 0.25) is 0 Å². The van der Waals surface area contributed by atoms with Crippen LogP contribution in [-0.4, -0.2) is 61.9 Å². The number of hydrogen-bond acceptors (Lipinski definition) is 8. The summed E-state index contributed by atoms with van der Waals surface area (Å²) in [7, 11) is -1.87. The van der Waals surface area contributed by atoms with Gasteiger partial charge in [0.15, 0.2) is 9.84 Å². The SMILES string of the molecule is COc1ccc(OCCN2CCCC2)cc1Nc1cc(Nc2ccccc2S(=O)(=O)C(C)C)c2cc[nH]c2n1. The Balaban J connectivity index is 1.42. The predicted molar refractivity (Wildman–Crippen MR) is 156 cm³/mol. The molecular formula is C29H35N5O4S. The molecule has 0 spiro atoms. The third-order valence-electron chi connectivity index (χ3n) is 6.92. The van der Waals surface area contributed by atoms with Gasteiger partial charge in [-0.25, -0.2) is 13.4 Å². The van der Waals surface area contributed by atoms with Crippen LogP contribution < -0.4 is 20.1 Å². The van der Waals surface area contributed by atoms with E-state index in [1.165, 1.54) is 12.8 Å². The normalized spacial score (nSPS) is 14.2. The molecule has 3 heterocycles. The number of likely N-dealkylation sites (tertiary alicyclic amines) is 1. The molecule has 206 valence electrons. The van der Waals surface area contributed by atoms with E-state index in [4.69, 9.17) is 14.5 Å². The number of rotatable bonds is 11. The van der Waals surface area contributed by atoms with Crippen molar-refractivity contribution >= 4 is 43.8 Å². The van der Waals surface area contributed by atoms with Gasteiger partial charge < -0.3 is 25.1 Å². The summed E-state index contributed by atoms with van der Waals surface area (Å²) in [6, 6.07) is 16.4. The van der Waals surface area contributed by atoms with E-state index in [-0.39, 0.29) is 4.90 Å². The molecule has 1 fully saturated rings.